The van der Waals surface area contributed by atoms with Crippen molar-refractivity contribution < 1.29 is 4.74 Å². The molecule has 0 saturated heterocycles. The van der Waals surface area contributed by atoms with Gasteiger partial charge < -0.3 is 10.1 Å². The van der Waals surface area contributed by atoms with Crippen molar-refractivity contribution in [2.45, 2.75) is 24.3 Å². The van der Waals surface area contributed by atoms with Crippen molar-refractivity contribution in [1.29, 1.82) is 5.26 Å². The third kappa shape index (κ3) is 5.16. The molecule has 0 aliphatic carbocycles. The summed E-state index contributed by atoms with van der Waals surface area (Å²) in [4.78, 5) is 1.48. The van der Waals surface area contributed by atoms with Crippen molar-refractivity contribution in [3.8, 4) is 11.8 Å². The molecule has 0 heterocycles. The minimum atomic E-state index is -0.0154. The first-order chi connectivity index (χ1) is 11.6. The van der Waals surface area contributed by atoms with Crippen molar-refractivity contribution >= 4 is 11.8 Å². The van der Waals surface area contributed by atoms with Crippen LogP contribution in [0.15, 0.2) is 64.9 Å². The molecule has 1 N–H and O–H groups in total. The molecule has 0 radical (unpaired) electrons. The zero-order chi connectivity index (χ0) is 17.4. The summed E-state index contributed by atoms with van der Waals surface area (Å²) in [5.74, 6) is 0.804. The summed E-state index contributed by atoms with van der Waals surface area (Å²) in [5, 5.41) is 12.1. The van der Waals surface area contributed by atoms with Crippen LogP contribution in [0.25, 0.3) is 0 Å². The van der Waals surface area contributed by atoms with Gasteiger partial charge in [-0.15, -0.1) is 0 Å². The van der Waals surface area contributed by atoms with E-state index in [4.69, 9.17) is 10.00 Å². The highest BCUT2D eigenvalue weighted by Crippen LogP contribution is 2.33. The first-order valence-electron chi connectivity index (χ1n) is 7.87. The van der Waals surface area contributed by atoms with Gasteiger partial charge in [-0.1, -0.05) is 54.7 Å². The van der Waals surface area contributed by atoms with Crippen LogP contribution in [-0.2, 0) is 0 Å². The molecule has 0 saturated carbocycles. The Morgan fingerprint density at radius 2 is 2.04 bits per heavy atom. The van der Waals surface area contributed by atoms with E-state index >= 15 is 0 Å². The fraction of sp³-hybridized carbons (Fsp3) is 0.250. The van der Waals surface area contributed by atoms with Crippen LogP contribution in [0.3, 0.4) is 0 Å². The number of allylic oxidation sites excluding steroid dienone is 1. The summed E-state index contributed by atoms with van der Waals surface area (Å²) in [6.45, 7) is 6.63. The SMILES string of the molecule is C=C(C#N)Sc1cc(OC(CCNC)c2ccccc2)ccc1C. The maximum atomic E-state index is 8.94. The highest BCUT2D eigenvalue weighted by atomic mass is 32.2. The molecule has 2 aromatic rings. The molecule has 124 valence electrons. The Balaban J connectivity index is 2.21. The molecule has 4 heteroatoms. The fourth-order valence-corrected chi connectivity index (χ4v) is 3.04. The Kier molecular flexibility index (Phi) is 6.92. The van der Waals surface area contributed by atoms with E-state index in [2.05, 4.69) is 30.1 Å². The molecule has 2 aromatic carbocycles. The molecule has 3 nitrogen and oxygen atoms in total. The summed E-state index contributed by atoms with van der Waals surface area (Å²) >= 11 is 1.38. The molecule has 0 fully saturated rings. The molecule has 2 rings (SSSR count). The van der Waals surface area contributed by atoms with E-state index in [9.17, 15) is 0 Å². The predicted molar refractivity (Wildman–Crippen MR) is 100 cm³/mol. The summed E-state index contributed by atoms with van der Waals surface area (Å²) in [7, 11) is 1.94. The fourth-order valence-electron chi connectivity index (χ4n) is 2.32. The Hall–Kier alpha value is -2.22. The summed E-state index contributed by atoms with van der Waals surface area (Å²) in [5.41, 5.74) is 2.26. The normalized spacial score (nSPS) is 11.5. The zero-order valence-corrected chi connectivity index (χ0v) is 14.9. The number of nitrogens with one attached hydrogen (secondary N) is 1. The number of rotatable bonds is 8. The van der Waals surface area contributed by atoms with Gasteiger partial charge in [0, 0.05) is 11.3 Å². The average molecular weight is 338 g/mol. The van der Waals surface area contributed by atoms with Gasteiger partial charge in [-0.2, -0.15) is 5.26 Å². The molecule has 0 aliphatic heterocycles. The molecular formula is C20H22N2OS. The zero-order valence-electron chi connectivity index (χ0n) is 14.1. The number of thioether (sulfide) groups is 1. The summed E-state index contributed by atoms with van der Waals surface area (Å²) in [6.07, 6.45) is 0.861. The van der Waals surface area contributed by atoms with Gasteiger partial charge in [-0.05, 0) is 43.8 Å². The van der Waals surface area contributed by atoms with Crippen LogP contribution in [-0.4, -0.2) is 13.6 Å². The van der Waals surface area contributed by atoms with E-state index in [-0.39, 0.29) is 6.10 Å². The first kappa shape index (κ1) is 18.1. The van der Waals surface area contributed by atoms with Crippen LogP contribution in [0.5, 0.6) is 5.75 Å². The quantitative estimate of drug-likeness (QED) is 0.552. The maximum absolute atomic E-state index is 8.94. The van der Waals surface area contributed by atoms with Crippen molar-refractivity contribution in [1.82, 2.24) is 5.32 Å². The molecule has 24 heavy (non-hydrogen) atoms. The lowest BCUT2D eigenvalue weighted by atomic mass is 10.1. The number of ether oxygens (including phenoxy) is 1. The Labute approximate surface area is 148 Å². The van der Waals surface area contributed by atoms with Crippen molar-refractivity contribution in [3.63, 3.8) is 0 Å². The van der Waals surface area contributed by atoms with E-state index in [1.807, 2.05) is 50.4 Å². The van der Waals surface area contributed by atoms with Gasteiger partial charge in [0.05, 0.1) is 4.91 Å². The van der Waals surface area contributed by atoms with Gasteiger partial charge in [0.1, 0.15) is 17.9 Å². The Bertz CT molecular complexity index is 722. The lowest BCUT2D eigenvalue weighted by Crippen LogP contribution is -2.16. The van der Waals surface area contributed by atoms with Gasteiger partial charge in [-0.25, -0.2) is 0 Å². The number of hydrogen-bond donors (Lipinski definition) is 1. The minimum absolute atomic E-state index is 0.0154. The third-order valence-corrected chi connectivity index (χ3v) is 4.62. The molecule has 1 atom stereocenters. The third-order valence-electron chi connectivity index (χ3n) is 3.62. The molecule has 0 spiro atoms. The van der Waals surface area contributed by atoms with Gasteiger partial charge in [-0.3, -0.25) is 0 Å². The highest BCUT2D eigenvalue weighted by Gasteiger charge is 2.14. The molecule has 0 bridgehead atoms. The Morgan fingerprint density at radius 1 is 1.29 bits per heavy atom. The van der Waals surface area contributed by atoms with Gasteiger partial charge in [0.15, 0.2) is 0 Å². The largest absolute Gasteiger partial charge is 0.486 e. The average Bonchev–Trinajstić information content (AvgIpc) is 2.61. The minimum Gasteiger partial charge on any atom is -0.486 e. The van der Waals surface area contributed by atoms with E-state index in [1.165, 1.54) is 11.8 Å². The molecular weight excluding hydrogens is 316 g/mol. The second-order valence-corrected chi connectivity index (χ2v) is 6.61. The highest BCUT2D eigenvalue weighted by molar-refractivity contribution is 8.03. The topological polar surface area (TPSA) is 45.0 Å². The maximum Gasteiger partial charge on any atom is 0.125 e. The monoisotopic (exact) mass is 338 g/mol. The molecule has 1 unspecified atom stereocenters. The second-order valence-electron chi connectivity index (χ2n) is 5.47. The smallest absolute Gasteiger partial charge is 0.125 e. The number of nitriles is 1. The summed E-state index contributed by atoms with van der Waals surface area (Å²) in [6, 6.07) is 18.3. The second kappa shape index (κ2) is 9.17. The molecule has 0 amide bonds. The van der Waals surface area contributed by atoms with Crippen LogP contribution in [0.4, 0.5) is 0 Å². The van der Waals surface area contributed by atoms with Gasteiger partial charge >= 0.3 is 0 Å². The van der Waals surface area contributed by atoms with Crippen LogP contribution in [0, 0.1) is 18.3 Å². The lowest BCUT2D eigenvalue weighted by Gasteiger charge is -2.20. The number of nitrogens with zero attached hydrogens (tertiary/aromatic N) is 1. The summed E-state index contributed by atoms with van der Waals surface area (Å²) < 4.78 is 6.25. The standard InChI is InChI=1S/C20H22N2OS/c1-15-9-10-18(13-20(15)24-16(2)14-21)23-19(11-12-22-3)17-7-5-4-6-8-17/h4-10,13,19,22H,2,11-12H2,1,3H3. The van der Waals surface area contributed by atoms with E-state index < -0.39 is 0 Å². The van der Waals surface area contributed by atoms with E-state index in [0.29, 0.717) is 4.91 Å². The molecule has 0 aliphatic rings. The van der Waals surface area contributed by atoms with Crippen LogP contribution in [0.2, 0.25) is 0 Å². The lowest BCUT2D eigenvalue weighted by molar-refractivity contribution is 0.194. The van der Waals surface area contributed by atoms with Gasteiger partial charge in [0.25, 0.3) is 0 Å². The van der Waals surface area contributed by atoms with Crippen molar-refractivity contribution in [2.24, 2.45) is 0 Å². The van der Waals surface area contributed by atoms with Gasteiger partial charge in [0.2, 0.25) is 0 Å². The number of benzene rings is 2. The van der Waals surface area contributed by atoms with E-state index in [0.717, 1.165) is 34.7 Å². The van der Waals surface area contributed by atoms with Crippen molar-refractivity contribution in [2.75, 3.05) is 13.6 Å². The van der Waals surface area contributed by atoms with Crippen molar-refractivity contribution in [3.05, 3.63) is 71.1 Å². The predicted octanol–water partition coefficient (Wildman–Crippen LogP) is 4.85. The first-order valence-corrected chi connectivity index (χ1v) is 8.69. The number of aryl methyl sites for hydroxylation is 1. The Morgan fingerprint density at radius 3 is 2.71 bits per heavy atom. The number of hydrogen-bond acceptors (Lipinski definition) is 4. The van der Waals surface area contributed by atoms with E-state index in [1.54, 1.807) is 0 Å². The van der Waals surface area contributed by atoms with Crippen LogP contribution >= 0.6 is 11.8 Å². The van der Waals surface area contributed by atoms with Crippen LogP contribution in [0.1, 0.15) is 23.7 Å². The van der Waals surface area contributed by atoms with Crippen LogP contribution < -0.4 is 10.1 Å². The molecule has 0 aromatic heterocycles.